The molecule has 7 nitrogen and oxygen atoms in total. The van der Waals surface area contributed by atoms with Crippen molar-refractivity contribution in [2.24, 2.45) is 0 Å². The number of halogens is 2. The molecule has 3 aromatic rings. The lowest BCUT2D eigenvalue weighted by Crippen LogP contribution is -2.13. The van der Waals surface area contributed by atoms with Gasteiger partial charge in [0.1, 0.15) is 18.2 Å². The number of benzene rings is 3. The van der Waals surface area contributed by atoms with E-state index in [0.29, 0.717) is 39.4 Å². The molecule has 0 bridgehead atoms. The van der Waals surface area contributed by atoms with Gasteiger partial charge in [-0.05, 0) is 77.0 Å². The number of nitriles is 1. The normalized spacial score (nSPS) is 10.8. The summed E-state index contributed by atoms with van der Waals surface area (Å²) in [6.07, 6.45) is 1.45. The number of carbonyl (C=O) groups is 2. The van der Waals surface area contributed by atoms with Crippen molar-refractivity contribution < 1.29 is 23.8 Å². The highest BCUT2D eigenvalue weighted by atomic mass is 79.9. The summed E-state index contributed by atoms with van der Waals surface area (Å²) < 4.78 is 17.9. The molecule has 0 aliphatic carbocycles. The van der Waals surface area contributed by atoms with E-state index in [1.165, 1.54) is 25.3 Å². The Bertz CT molecular complexity index is 1330. The maximum absolute atomic E-state index is 12.7. The maximum Gasteiger partial charge on any atom is 0.338 e. The largest absolute Gasteiger partial charge is 0.493 e. The van der Waals surface area contributed by atoms with E-state index >= 15 is 0 Å². The third-order valence-electron chi connectivity index (χ3n) is 4.91. The lowest BCUT2D eigenvalue weighted by molar-refractivity contribution is -0.112. The van der Waals surface area contributed by atoms with Crippen LogP contribution in [0.1, 0.15) is 28.4 Å². The molecule has 0 saturated carbocycles. The van der Waals surface area contributed by atoms with Gasteiger partial charge in [0.2, 0.25) is 0 Å². The number of amides is 1. The molecule has 0 heterocycles. The molecule has 3 aromatic carbocycles. The summed E-state index contributed by atoms with van der Waals surface area (Å²) in [6, 6.07) is 19.3. The molecule has 0 aliphatic heterocycles. The lowest BCUT2D eigenvalue weighted by atomic mass is 10.1. The molecule has 0 saturated heterocycles. The number of ether oxygens (including phenoxy) is 3. The SMILES string of the molecule is CCOC(=O)c1ccc(NC(=O)/C(C#N)=C/c2cc(Br)c(OCc3ccccc3Br)c(OC)c2)cc1. The van der Waals surface area contributed by atoms with E-state index in [2.05, 4.69) is 37.2 Å². The Kier molecular flexibility index (Phi) is 9.68. The Morgan fingerprint density at radius 2 is 1.78 bits per heavy atom. The zero-order valence-electron chi connectivity index (χ0n) is 19.5. The third-order valence-corrected chi connectivity index (χ3v) is 6.27. The number of nitrogens with one attached hydrogen (secondary N) is 1. The molecule has 9 heteroatoms. The van der Waals surface area contributed by atoms with Gasteiger partial charge >= 0.3 is 5.97 Å². The van der Waals surface area contributed by atoms with E-state index in [1.54, 1.807) is 31.2 Å². The molecular formula is C27H22Br2N2O5. The van der Waals surface area contributed by atoms with Gasteiger partial charge in [0.15, 0.2) is 11.5 Å². The van der Waals surface area contributed by atoms with E-state index < -0.39 is 11.9 Å². The Balaban J connectivity index is 1.77. The molecule has 0 atom stereocenters. The molecule has 1 amide bonds. The zero-order chi connectivity index (χ0) is 26.1. The van der Waals surface area contributed by atoms with Crippen molar-refractivity contribution in [3.8, 4) is 17.6 Å². The van der Waals surface area contributed by atoms with Crippen LogP contribution in [-0.2, 0) is 16.1 Å². The molecule has 36 heavy (non-hydrogen) atoms. The van der Waals surface area contributed by atoms with Crippen molar-refractivity contribution in [1.82, 2.24) is 0 Å². The third kappa shape index (κ3) is 6.97. The van der Waals surface area contributed by atoms with Crippen LogP contribution in [0.15, 0.2) is 75.2 Å². The molecule has 1 N–H and O–H groups in total. The average Bonchev–Trinajstić information content (AvgIpc) is 2.87. The fraction of sp³-hybridized carbons (Fsp3) is 0.148. The van der Waals surface area contributed by atoms with Gasteiger partial charge < -0.3 is 19.5 Å². The number of anilines is 1. The summed E-state index contributed by atoms with van der Waals surface area (Å²) in [5.41, 5.74) is 2.22. The number of rotatable bonds is 9. The highest BCUT2D eigenvalue weighted by molar-refractivity contribution is 9.10. The van der Waals surface area contributed by atoms with Gasteiger partial charge in [-0.25, -0.2) is 4.79 Å². The first-order valence-corrected chi connectivity index (χ1v) is 12.4. The minimum absolute atomic E-state index is 0.111. The Labute approximate surface area is 225 Å². The highest BCUT2D eigenvalue weighted by Gasteiger charge is 2.15. The van der Waals surface area contributed by atoms with Gasteiger partial charge in [0.05, 0.1) is 23.8 Å². The molecule has 0 fully saturated rings. The van der Waals surface area contributed by atoms with Gasteiger partial charge in [-0.2, -0.15) is 5.26 Å². The fourth-order valence-electron chi connectivity index (χ4n) is 3.15. The van der Waals surface area contributed by atoms with Gasteiger partial charge in [-0.1, -0.05) is 34.1 Å². The van der Waals surface area contributed by atoms with Crippen molar-refractivity contribution in [1.29, 1.82) is 5.26 Å². The molecule has 0 radical (unpaired) electrons. The average molecular weight is 614 g/mol. The van der Waals surface area contributed by atoms with Crippen LogP contribution in [0.2, 0.25) is 0 Å². The quantitative estimate of drug-likeness (QED) is 0.168. The highest BCUT2D eigenvalue weighted by Crippen LogP contribution is 2.38. The van der Waals surface area contributed by atoms with E-state index in [9.17, 15) is 14.9 Å². The van der Waals surface area contributed by atoms with Crippen molar-refractivity contribution in [2.45, 2.75) is 13.5 Å². The molecule has 184 valence electrons. The van der Waals surface area contributed by atoms with E-state index in [1.807, 2.05) is 30.3 Å². The van der Waals surface area contributed by atoms with Crippen LogP contribution in [0.3, 0.4) is 0 Å². The second-order valence-electron chi connectivity index (χ2n) is 7.34. The minimum atomic E-state index is -0.592. The topological polar surface area (TPSA) is 97.7 Å². The van der Waals surface area contributed by atoms with Crippen LogP contribution in [-0.4, -0.2) is 25.6 Å². The van der Waals surface area contributed by atoms with Crippen LogP contribution in [0, 0.1) is 11.3 Å². The van der Waals surface area contributed by atoms with E-state index in [4.69, 9.17) is 14.2 Å². The second-order valence-corrected chi connectivity index (χ2v) is 9.04. The second kappa shape index (κ2) is 12.9. The first kappa shape index (κ1) is 27.0. The van der Waals surface area contributed by atoms with E-state index in [-0.39, 0.29) is 12.2 Å². The summed E-state index contributed by atoms with van der Waals surface area (Å²) in [7, 11) is 1.51. The number of hydrogen-bond donors (Lipinski definition) is 1. The number of hydrogen-bond acceptors (Lipinski definition) is 6. The van der Waals surface area contributed by atoms with Gasteiger partial charge in [0.25, 0.3) is 5.91 Å². The first-order chi connectivity index (χ1) is 17.4. The van der Waals surface area contributed by atoms with Crippen LogP contribution >= 0.6 is 31.9 Å². The monoisotopic (exact) mass is 612 g/mol. The van der Waals surface area contributed by atoms with Crippen molar-refractivity contribution >= 4 is 55.5 Å². The van der Waals surface area contributed by atoms with Crippen LogP contribution < -0.4 is 14.8 Å². The van der Waals surface area contributed by atoms with Crippen LogP contribution in [0.25, 0.3) is 6.08 Å². The number of esters is 1. The van der Waals surface area contributed by atoms with Gasteiger partial charge in [-0.15, -0.1) is 0 Å². The summed E-state index contributed by atoms with van der Waals surface area (Å²) in [5.74, 6) is -0.105. The van der Waals surface area contributed by atoms with Crippen molar-refractivity contribution in [2.75, 3.05) is 19.0 Å². The van der Waals surface area contributed by atoms with Gasteiger partial charge in [-0.3, -0.25) is 4.79 Å². The summed E-state index contributed by atoms with van der Waals surface area (Å²) in [5, 5.41) is 12.2. The molecule has 0 spiro atoms. The Morgan fingerprint density at radius 3 is 2.42 bits per heavy atom. The van der Waals surface area contributed by atoms with Gasteiger partial charge in [0, 0.05) is 15.7 Å². The standard InChI is InChI=1S/C27H22Br2N2O5/c1-3-35-27(33)18-8-10-21(11-9-18)31-26(32)20(15-30)12-17-13-23(29)25(24(14-17)34-2)36-16-19-6-4-5-7-22(19)28/h4-14H,3,16H2,1-2H3,(H,31,32)/b20-12+. The van der Waals surface area contributed by atoms with Crippen molar-refractivity contribution in [3.63, 3.8) is 0 Å². The predicted molar refractivity (Wildman–Crippen MR) is 144 cm³/mol. The Morgan fingerprint density at radius 1 is 1.06 bits per heavy atom. The number of nitrogens with zero attached hydrogens (tertiary/aromatic N) is 1. The molecule has 0 unspecified atom stereocenters. The maximum atomic E-state index is 12.7. The van der Waals surface area contributed by atoms with E-state index in [0.717, 1.165) is 10.0 Å². The predicted octanol–water partition coefficient (Wildman–Crippen LogP) is 6.52. The van der Waals surface area contributed by atoms with Crippen LogP contribution in [0.4, 0.5) is 5.69 Å². The summed E-state index contributed by atoms with van der Waals surface area (Å²) in [4.78, 5) is 24.5. The molecule has 3 rings (SSSR count). The fourth-order valence-corrected chi connectivity index (χ4v) is 4.12. The minimum Gasteiger partial charge on any atom is -0.493 e. The number of methoxy groups -OCH3 is 1. The molecule has 0 aliphatic rings. The van der Waals surface area contributed by atoms with Crippen molar-refractivity contribution in [3.05, 3.63) is 91.9 Å². The van der Waals surface area contributed by atoms with Crippen LogP contribution in [0.5, 0.6) is 11.5 Å². The Hall–Kier alpha value is -3.61. The zero-order valence-corrected chi connectivity index (χ0v) is 22.7. The lowest BCUT2D eigenvalue weighted by Gasteiger charge is -2.14. The first-order valence-electron chi connectivity index (χ1n) is 10.8. The number of carbonyl (C=O) groups excluding carboxylic acids is 2. The summed E-state index contributed by atoms with van der Waals surface area (Å²) in [6.45, 7) is 2.31. The smallest absolute Gasteiger partial charge is 0.338 e. The summed E-state index contributed by atoms with van der Waals surface area (Å²) >= 11 is 7.00. The molecule has 0 aromatic heterocycles. The molecular weight excluding hydrogens is 592 g/mol.